The maximum Gasteiger partial charge on any atom is 0.416 e. The third-order valence-electron chi connectivity index (χ3n) is 2.06. The van der Waals surface area contributed by atoms with Crippen LogP contribution >= 0.6 is 0 Å². The highest BCUT2D eigenvalue weighted by atomic mass is 19.4. The molecule has 1 rings (SSSR count). The van der Waals surface area contributed by atoms with E-state index in [1.165, 1.54) is 0 Å². The second-order valence-electron chi connectivity index (χ2n) is 3.67. The molecular formula is C12H6F6O2. The van der Waals surface area contributed by atoms with E-state index in [-0.39, 0.29) is 6.07 Å². The van der Waals surface area contributed by atoms with E-state index in [1.807, 2.05) is 11.8 Å². The number of benzene rings is 1. The molecule has 0 aromatic heterocycles. The van der Waals surface area contributed by atoms with Crippen LogP contribution in [-0.4, -0.2) is 11.1 Å². The number of hydrogen-bond donors (Lipinski definition) is 1. The fourth-order valence-electron chi connectivity index (χ4n) is 1.25. The van der Waals surface area contributed by atoms with E-state index in [0.29, 0.717) is 12.1 Å². The molecule has 0 fully saturated rings. The molecule has 20 heavy (non-hydrogen) atoms. The molecule has 0 bridgehead atoms. The zero-order valence-corrected chi connectivity index (χ0v) is 9.56. The topological polar surface area (TPSA) is 37.3 Å². The number of hydrogen-bond acceptors (Lipinski definition) is 1. The van der Waals surface area contributed by atoms with Crippen LogP contribution in [0.5, 0.6) is 0 Å². The van der Waals surface area contributed by atoms with Gasteiger partial charge < -0.3 is 5.11 Å². The number of rotatable bonds is 1. The van der Waals surface area contributed by atoms with Crippen molar-refractivity contribution in [2.45, 2.75) is 18.8 Å². The molecule has 0 aliphatic rings. The van der Waals surface area contributed by atoms with Gasteiger partial charge in [-0.3, -0.25) is 4.79 Å². The molecule has 0 atom stereocenters. The van der Waals surface area contributed by atoms with Gasteiger partial charge in [0, 0.05) is 5.56 Å². The largest absolute Gasteiger partial charge is 0.481 e. The number of aliphatic carboxylic acids is 1. The molecule has 0 spiro atoms. The Morgan fingerprint density at radius 1 is 1.00 bits per heavy atom. The Bertz CT molecular complexity index is 542. The monoisotopic (exact) mass is 296 g/mol. The van der Waals surface area contributed by atoms with Gasteiger partial charge in [-0.2, -0.15) is 26.3 Å². The lowest BCUT2D eigenvalue weighted by atomic mass is 10.0. The first-order valence-electron chi connectivity index (χ1n) is 5.00. The van der Waals surface area contributed by atoms with Gasteiger partial charge in [-0.1, -0.05) is 11.8 Å². The van der Waals surface area contributed by atoms with Crippen LogP contribution in [0.4, 0.5) is 26.3 Å². The summed E-state index contributed by atoms with van der Waals surface area (Å²) in [6, 6.07) is 0.844. The molecule has 0 amide bonds. The van der Waals surface area contributed by atoms with Crippen LogP contribution in [0.15, 0.2) is 18.2 Å². The minimum atomic E-state index is -4.95. The molecule has 1 aromatic rings. The lowest BCUT2D eigenvalue weighted by molar-refractivity contribution is -0.143. The van der Waals surface area contributed by atoms with E-state index in [2.05, 4.69) is 0 Å². The zero-order chi connectivity index (χ0) is 15.6. The van der Waals surface area contributed by atoms with E-state index in [0.717, 1.165) is 0 Å². The minimum Gasteiger partial charge on any atom is -0.481 e. The van der Waals surface area contributed by atoms with Gasteiger partial charge in [-0.05, 0) is 18.2 Å². The van der Waals surface area contributed by atoms with Crippen molar-refractivity contribution in [1.29, 1.82) is 0 Å². The van der Waals surface area contributed by atoms with Crippen molar-refractivity contribution in [3.8, 4) is 11.8 Å². The zero-order valence-electron chi connectivity index (χ0n) is 9.56. The average molecular weight is 296 g/mol. The maximum absolute atomic E-state index is 12.5. The van der Waals surface area contributed by atoms with E-state index in [9.17, 15) is 31.1 Å². The summed E-state index contributed by atoms with van der Waals surface area (Å²) in [5.41, 5.74) is -3.53. The second-order valence-corrected chi connectivity index (χ2v) is 3.67. The number of alkyl halides is 6. The van der Waals surface area contributed by atoms with Gasteiger partial charge in [0.1, 0.15) is 6.42 Å². The summed E-state index contributed by atoms with van der Waals surface area (Å²) in [5.74, 6) is 2.61. The standard InChI is InChI=1S/C12H6F6O2/c13-11(14,15)8-4-7(2-1-3-10(19)20)5-9(6-8)12(16,17)18/h4-6H,3H2,(H,19,20). The van der Waals surface area contributed by atoms with E-state index in [4.69, 9.17) is 5.11 Å². The predicted molar refractivity (Wildman–Crippen MR) is 55.6 cm³/mol. The summed E-state index contributed by atoms with van der Waals surface area (Å²) < 4.78 is 74.9. The Balaban J connectivity index is 3.30. The SMILES string of the molecule is O=C(O)CC#Cc1cc(C(F)(F)F)cc(C(F)(F)F)c1. The van der Waals surface area contributed by atoms with Crippen molar-refractivity contribution >= 4 is 5.97 Å². The third-order valence-corrected chi connectivity index (χ3v) is 2.06. The number of halogens is 6. The number of carbonyl (C=O) groups is 1. The van der Waals surface area contributed by atoms with Gasteiger partial charge in [-0.15, -0.1) is 0 Å². The van der Waals surface area contributed by atoms with Gasteiger partial charge in [0.25, 0.3) is 0 Å². The Morgan fingerprint density at radius 2 is 1.45 bits per heavy atom. The van der Waals surface area contributed by atoms with E-state index < -0.39 is 41.4 Å². The molecule has 2 nitrogen and oxygen atoms in total. The Labute approximate surface area is 109 Å². The molecule has 8 heteroatoms. The lowest BCUT2D eigenvalue weighted by Crippen LogP contribution is -2.11. The summed E-state index contributed by atoms with van der Waals surface area (Å²) in [7, 11) is 0. The lowest BCUT2D eigenvalue weighted by Gasteiger charge is -2.12. The number of carboxylic acids is 1. The Morgan fingerprint density at radius 3 is 1.80 bits per heavy atom. The fraction of sp³-hybridized carbons (Fsp3) is 0.250. The first kappa shape index (κ1) is 15.9. The van der Waals surface area contributed by atoms with E-state index >= 15 is 0 Å². The van der Waals surface area contributed by atoms with Gasteiger partial charge in [-0.25, -0.2) is 0 Å². The van der Waals surface area contributed by atoms with Gasteiger partial charge in [0.05, 0.1) is 11.1 Å². The first-order chi connectivity index (χ1) is 9.00. The van der Waals surface area contributed by atoms with Crippen molar-refractivity contribution in [2.24, 2.45) is 0 Å². The first-order valence-corrected chi connectivity index (χ1v) is 5.00. The number of carboxylic acid groups (broad SMARTS) is 1. The van der Waals surface area contributed by atoms with Gasteiger partial charge in [0.2, 0.25) is 0 Å². The quantitative estimate of drug-likeness (QED) is 0.635. The third kappa shape index (κ3) is 4.50. The normalized spacial score (nSPS) is 11.7. The molecule has 0 radical (unpaired) electrons. The summed E-state index contributed by atoms with van der Waals surface area (Å²) in [5, 5.41) is 8.30. The molecule has 0 saturated carbocycles. The minimum absolute atomic E-state index is 0.0254. The van der Waals surface area contributed by atoms with Gasteiger partial charge in [0.15, 0.2) is 0 Å². The molecule has 0 aliphatic carbocycles. The van der Waals surface area contributed by atoms with Crippen LogP contribution in [-0.2, 0) is 17.1 Å². The second kappa shape index (κ2) is 5.45. The molecule has 0 aliphatic heterocycles. The van der Waals surface area contributed by atoms with Crippen LogP contribution in [0.2, 0.25) is 0 Å². The smallest absolute Gasteiger partial charge is 0.416 e. The molecule has 1 aromatic carbocycles. The predicted octanol–water partition coefficient (Wildman–Crippen LogP) is 3.55. The Hall–Kier alpha value is -2.17. The summed E-state index contributed by atoms with van der Waals surface area (Å²) >= 11 is 0. The molecule has 108 valence electrons. The van der Waals surface area contributed by atoms with Crippen molar-refractivity contribution in [2.75, 3.05) is 0 Å². The van der Waals surface area contributed by atoms with E-state index in [1.54, 1.807) is 0 Å². The fourth-order valence-corrected chi connectivity index (χ4v) is 1.25. The summed E-state index contributed by atoms with van der Waals surface area (Å²) in [4.78, 5) is 10.2. The summed E-state index contributed by atoms with van der Waals surface area (Å²) in [6.07, 6.45) is -10.6. The van der Waals surface area contributed by atoms with Crippen molar-refractivity contribution in [1.82, 2.24) is 0 Å². The van der Waals surface area contributed by atoms with Crippen molar-refractivity contribution in [3.05, 3.63) is 34.9 Å². The Kier molecular flexibility index (Phi) is 4.33. The van der Waals surface area contributed by atoms with Crippen molar-refractivity contribution in [3.63, 3.8) is 0 Å². The molecule has 1 N–H and O–H groups in total. The van der Waals surface area contributed by atoms with Crippen LogP contribution < -0.4 is 0 Å². The van der Waals surface area contributed by atoms with Crippen LogP contribution in [0.1, 0.15) is 23.1 Å². The molecule has 0 unspecified atom stereocenters. The molecule has 0 heterocycles. The maximum atomic E-state index is 12.5. The average Bonchev–Trinajstić information content (AvgIpc) is 2.25. The molecular weight excluding hydrogens is 290 g/mol. The van der Waals surface area contributed by atoms with Gasteiger partial charge >= 0.3 is 18.3 Å². The highest BCUT2D eigenvalue weighted by Gasteiger charge is 2.36. The summed E-state index contributed by atoms with van der Waals surface area (Å²) in [6.45, 7) is 0. The highest BCUT2D eigenvalue weighted by molar-refractivity contribution is 5.70. The van der Waals surface area contributed by atoms with Crippen LogP contribution in [0, 0.1) is 11.8 Å². The van der Waals surface area contributed by atoms with Crippen LogP contribution in [0.25, 0.3) is 0 Å². The van der Waals surface area contributed by atoms with Crippen molar-refractivity contribution < 1.29 is 36.2 Å². The van der Waals surface area contributed by atoms with Crippen LogP contribution in [0.3, 0.4) is 0 Å². The highest BCUT2D eigenvalue weighted by Crippen LogP contribution is 2.36. The molecule has 0 saturated heterocycles.